The van der Waals surface area contributed by atoms with E-state index in [0.29, 0.717) is 28.3 Å². The average molecular weight is 370 g/mol. The van der Waals surface area contributed by atoms with Crippen molar-refractivity contribution in [1.29, 1.82) is 0 Å². The van der Waals surface area contributed by atoms with Crippen molar-refractivity contribution in [3.8, 4) is 11.4 Å². The number of anilines is 2. The largest absolute Gasteiger partial charge is 0.399 e. The molecule has 0 saturated carbocycles. The van der Waals surface area contributed by atoms with Gasteiger partial charge in [0.05, 0.1) is 11.0 Å². The fourth-order valence-electron chi connectivity index (χ4n) is 2.94. The van der Waals surface area contributed by atoms with E-state index in [0.717, 1.165) is 16.6 Å². The number of ketones is 1. The number of fused-ring (bicyclic) bond motifs is 1. The molecule has 0 bridgehead atoms. The van der Waals surface area contributed by atoms with Gasteiger partial charge in [-0.25, -0.2) is 4.98 Å². The van der Waals surface area contributed by atoms with E-state index in [2.05, 4.69) is 15.3 Å². The van der Waals surface area contributed by atoms with Gasteiger partial charge in [0, 0.05) is 28.1 Å². The molecule has 1 aromatic heterocycles. The van der Waals surface area contributed by atoms with Gasteiger partial charge in [-0.1, -0.05) is 12.1 Å². The number of benzene rings is 3. The van der Waals surface area contributed by atoms with Gasteiger partial charge in [0.25, 0.3) is 5.91 Å². The van der Waals surface area contributed by atoms with Crippen LogP contribution in [-0.2, 0) is 0 Å². The van der Waals surface area contributed by atoms with Gasteiger partial charge in [-0.3, -0.25) is 9.59 Å². The van der Waals surface area contributed by atoms with Crippen LogP contribution in [0.5, 0.6) is 0 Å². The molecular formula is C22H18N4O2. The molecule has 0 spiro atoms. The molecule has 0 aliphatic rings. The van der Waals surface area contributed by atoms with Crippen LogP contribution in [0, 0.1) is 0 Å². The number of carbonyl (C=O) groups is 2. The second kappa shape index (κ2) is 7.00. The van der Waals surface area contributed by atoms with Crippen LogP contribution >= 0.6 is 0 Å². The predicted octanol–water partition coefficient (Wildman–Crippen LogP) is 4.27. The molecule has 0 aliphatic carbocycles. The Kier molecular flexibility index (Phi) is 4.37. The molecule has 138 valence electrons. The minimum atomic E-state index is -0.215. The first-order valence-corrected chi connectivity index (χ1v) is 8.77. The van der Waals surface area contributed by atoms with Crippen LogP contribution in [0.15, 0.2) is 66.7 Å². The monoisotopic (exact) mass is 370 g/mol. The number of imidazole rings is 1. The first-order valence-electron chi connectivity index (χ1n) is 8.77. The second-order valence-electron chi connectivity index (χ2n) is 6.53. The number of hydrogen-bond acceptors (Lipinski definition) is 4. The molecule has 0 fully saturated rings. The minimum Gasteiger partial charge on any atom is -0.399 e. The average Bonchev–Trinajstić information content (AvgIpc) is 3.12. The Balaban J connectivity index is 1.61. The standard InChI is InChI=1S/C22H18N4O2/c1-13(27)15-7-10-19-20(12-15)26-21(25-19)16-3-2-4-18(11-16)24-22(28)14-5-8-17(23)9-6-14/h2-12H,23H2,1H3,(H,24,28)(H,25,26). The van der Waals surface area contributed by atoms with E-state index in [9.17, 15) is 9.59 Å². The Hall–Kier alpha value is -3.93. The summed E-state index contributed by atoms with van der Waals surface area (Å²) >= 11 is 0. The maximum atomic E-state index is 12.4. The number of hydrogen-bond donors (Lipinski definition) is 3. The van der Waals surface area contributed by atoms with Gasteiger partial charge in [-0.2, -0.15) is 0 Å². The van der Waals surface area contributed by atoms with Gasteiger partial charge in [0.15, 0.2) is 5.78 Å². The van der Waals surface area contributed by atoms with Crippen molar-refractivity contribution in [2.24, 2.45) is 0 Å². The molecule has 0 unspecified atom stereocenters. The molecule has 0 saturated heterocycles. The summed E-state index contributed by atoms with van der Waals surface area (Å²) in [6.45, 7) is 1.53. The van der Waals surface area contributed by atoms with E-state index in [4.69, 9.17) is 5.73 Å². The zero-order valence-electron chi connectivity index (χ0n) is 15.2. The summed E-state index contributed by atoms with van der Waals surface area (Å²) in [4.78, 5) is 31.8. The molecule has 0 atom stereocenters. The SMILES string of the molecule is CC(=O)c1ccc2[nH]c(-c3cccc(NC(=O)c4ccc(N)cc4)c3)nc2c1. The lowest BCUT2D eigenvalue weighted by Crippen LogP contribution is -2.11. The van der Waals surface area contributed by atoms with Gasteiger partial charge in [-0.15, -0.1) is 0 Å². The number of nitrogens with one attached hydrogen (secondary N) is 2. The smallest absolute Gasteiger partial charge is 0.255 e. The van der Waals surface area contributed by atoms with E-state index < -0.39 is 0 Å². The topological polar surface area (TPSA) is 101 Å². The van der Waals surface area contributed by atoms with E-state index >= 15 is 0 Å². The fourth-order valence-corrected chi connectivity index (χ4v) is 2.94. The van der Waals surface area contributed by atoms with Gasteiger partial charge >= 0.3 is 0 Å². The number of rotatable bonds is 4. The summed E-state index contributed by atoms with van der Waals surface area (Å²) in [6.07, 6.45) is 0. The Morgan fingerprint density at radius 2 is 1.71 bits per heavy atom. The lowest BCUT2D eigenvalue weighted by atomic mass is 10.1. The molecule has 6 nitrogen and oxygen atoms in total. The summed E-state index contributed by atoms with van der Waals surface area (Å²) in [6, 6.07) is 19.5. The lowest BCUT2D eigenvalue weighted by Gasteiger charge is -2.07. The summed E-state index contributed by atoms with van der Waals surface area (Å²) < 4.78 is 0. The number of nitrogens with two attached hydrogens (primary N) is 1. The lowest BCUT2D eigenvalue weighted by molar-refractivity contribution is 0.101. The normalized spacial score (nSPS) is 10.8. The number of nitrogen functional groups attached to an aromatic ring is 1. The molecule has 4 aromatic rings. The molecule has 3 aromatic carbocycles. The third-order valence-electron chi connectivity index (χ3n) is 4.46. The number of carbonyl (C=O) groups excluding carboxylic acids is 2. The summed E-state index contributed by atoms with van der Waals surface area (Å²) in [5.41, 5.74) is 10.5. The predicted molar refractivity (Wildman–Crippen MR) is 110 cm³/mol. The number of aromatic nitrogens is 2. The highest BCUT2D eigenvalue weighted by molar-refractivity contribution is 6.04. The molecule has 4 N–H and O–H groups in total. The first kappa shape index (κ1) is 17.5. The van der Waals surface area contributed by atoms with Crippen molar-refractivity contribution in [1.82, 2.24) is 9.97 Å². The Morgan fingerprint density at radius 1 is 0.964 bits per heavy atom. The van der Waals surface area contributed by atoms with E-state index in [1.54, 1.807) is 36.4 Å². The van der Waals surface area contributed by atoms with E-state index in [1.165, 1.54) is 6.92 Å². The third-order valence-corrected chi connectivity index (χ3v) is 4.46. The molecule has 28 heavy (non-hydrogen) atoms. The third kappa shape index (κ3) is 3.48. The first-order chi connectivity index (χ1) is 13.5. The Morgan fingerprint density at radius 3 is 2.46 bits per heavy atom. The Labute approximate surface area is 161 Å². The maximum Gasteiger partial charge on any atom is 0.255 e. The summed E-state index contributed by atoms with van der Waals surface area (Å²) in [5.74, 6) is 0.450. The molecule has 4 rings (SSSR count). The quantitative estimate of drug-likeness (QED) is 0.369. The van der Waals surface area contributed by atoms with E-state index in [1.807, 2.05) is 30.3 Å². The van der Waals surface area contributed by atoms with Crippen LogP contribution in [0.2, 0.25) is 0 Å². The minimum absolute atomic E-state index is 0.00109. The highest BCUT2D eigenvalue weighted by Crippen LogP contribution is 2.24. The Bertz CT molecular complexity index is 1190. The van der Waals surface area contributed by atoms with E-state index in [-0.39, 0.29) is 11.7 Å². The molecule has 0 aliphatic heterocycles. The second-order valence-corrected chi connectivity index (χ2v) is 6.53. The van der Waals surface area contributed by atoms with Gasteiger partial charge in [0.1, 0.15) is 5.82 Å². The number of Topliss-reactive ketones (excluding diaryl/α,β-unsaturated/α-hetero) is 1. The van der Waals surface area contributed by atoms with Crippen LogP contribution < -0.4 is 11.1 Å². The molecule has 6 heteroatoms. The summed E-state index contributed by atoms with van der Waals surface area (Å²) in [5, 5.41) is 2.88. The number of aromatic amines is 1. The summed E-state index contributed by atoms with van der Waals surface area (Å²) in [7, 11) is 0. The number of nitrogens with zero attached hydrogens (tertiary/aromatic N) is 1. The molecule has 1 amide bonds. The number of H-pyrrole nitrogens is 1. The van der Waals surface area contributed by atoms with Crippen molar-refractivity contribution in [3.63, 3.8) is 0 Å². The van der Waals surface area contributed by atoms with Crippen molar-refractivity contribution < 1.29 is 9.59 Å². The number of amides is 1. The van der Waals surface area contributed by atoms with Crippen molar-refractivity contribution >= 4 is 34.1 Å². The highest BCUT2D eigenvalue weighted by Gasteiger charge is 2.10. The maximum absolute atomic E-state index is 12.4. The van der Waals surface area contributed by atoms with Gasteiger partial charge in [0.2, 0.25) is 0 Å². The van der Waals surface area contributed by atoms with Gasteiger partial charge in [-0.05, 0) is 61.5 Å². The van der Waals surface area contributed by atoms with Gasteiger partial charge < -0.3 is 16.0 Å². The van der Waals surface area contributed by atoms with Crippen LogP contribution in [0.25, 0.3) is 22.4 Å². The zero-order valence-corrected chi connectivity index (χ0v) is 15.2. The van der Waals surface area contributed by atoms with Crippen LogP contribution in [0.1, 0.15) is 27.6 Å². The van der Waals surface area contributed by atoms with Crippen molar-refractivity contribution in [2.75, 3.05) is 11.1 Å². The van der Waals surface area contributed by atoms with Crippen LogP contribution in [0.4, 0.5) is 11.4 Å². The fraction of sp³-hybridized carbons (Fsp3) is 0.0455. The highest BCUT2D eigenvalue weighted by atomic mass is 16.1. The molecular weight excluding hydrogens is 352 g/mol. The van der Waals surface area contributed by atoms with Crippen molar-refractivity contribution in [3.05, 3.63) is 77.9 Å². The zero-order chi connectivity index (χ0) is 19.7. The van der Waals surface area contributed by atoms with Crippen LogP contribution in [-0.4, -0.2) is 21.7 Å². The molecule has 1 heterocycles. The van der Waals surface area contributed by atoms with Crippen molar-refractivity contribution in [2.45, 2.75) is 6.92 Å². The molecule has 0 radical (unpaired) electrons. The van der Waals surface area contributed by atoms with Crippen LogP contribution in [0.3, 0.4) is 0 Å².